The Morgan fingerprint density at radius 2 is 1.79 bits per heavy atom. The van der Waals surface area contributed by atoms with Gasteiger partial charge in [0.1, 0.15) is 16.9 Å². The quantitative estimate of drug-likeness (QED) is 0.650. The molecule has 1 aliphatic rings. The molecule has 1 aromatic carbocycles. The molecule has 0 aliphatic carbocycles. The summed E-state index contributed by atoms with van der Waals surface area (Å²) < 4.78 is 7.77. The molecule has 2 aromatic heterocycles. The molecule has 1 aliphatic heterocycles. The topological polar surface area (TPSA) is 60.2 Å². The maximum Gasteiger partial charge on any atom is 0.410 e. The molecule has 0 saturated carbocycles. The number of benzene rings is 1. The van der Waals surface area contributed by atoms with Gasteiger partial charge >= 0.3 is 6.09 Å². The van der Waals surface area contributed by atoms with Gasteiger partial charge in [0.2, 0.25) is 0 Å². The van der Waals surface area contributed by atoms with Gasteiger partial charge in [0.15, 0.2) is 5.65 Å². The van der Waals surface area contributed by atoms with Crippen LogP contribution < -0.4 is 0 Å². The SMILES string of the molecule is CC(C)(C)OC(=O)N1CCC(n2c(-c3ccccc3)nc3cccnc32)CC1. The van der Waals surface area contributed by atoms with Gasteiger partial charge in [-0.1, -0.05) is 30.3 Å². The van der Waals surface area contributed by atoms with Gasteiger partial charge in [0, 0.05) is 30.9 Å². The van der Waals surface area contributed by atoms with Gasteiger partial charge in [-0.2, -0.15) is 0 Å². The molecule has 0 atom stereocenters. The van der Waals surface area contributed by atoms with E-state index < -0.39 is 5.60 Å². The Morgan fingerprint density at radius 1 is 1.07 bits per heavy atom. The maximum atomic E-state index is 12.4. The standard InChI is InChI=1S/C22H26N4O2/c1-22(2,3)28-21(27)25-14-11-17(12-15-25)26-19(16-8-5-4-6-9-16)24-18-10-7-13-23-20(18)26/h4-10,13,17H,11-12,14-15H2,1-3H3. The first-order valence-electron chi connectivity index (χ1n) is 9.79. The Morgan fingerprint density at radius 3 is 2.46 bits per heavy atom. The molecule has 28 heavy (non-hydrogen) atoms. The van der Waals surface area contributed by atoms with E-state index in [0.29, 0.717) is 13.1 Å². The number of carbonyl (C=O) groups is 1. The molecule has 6 heteroatoms. The first-order valence-corrected chi connectivity index (χ1v) is 9.79. The fraction of sp³-hybridized carbons (Fsp3) is 0.409. The molecule has 1 saturated heterocycles. The second-order valence-corrected chi connectivity index (χ2v) is 8.22. The summed E-state index contributed by atoms with van der Waals surface area (Å²) in [6, 6.07) is 14.4. The number of ether oxygens (including phenoxy) is 1. The molecule has 146 valence electrons. The fourth-order valence-electron chi connectivity index (χ4n) is 3.70. The number of hydrogen-bond donors (Lipinski definition) is 0. The molecule has 3 aromatic rings. The minimum Gasteiger partial charge on any atom is -0.444 e. The van der Waals surface area contributed by atoms with Crippen molar-refractivity contribution >= 4 is 17.3 Å². The predicted molar refractivity (Wildman–Crippen MR) is 109 cm³/mol. The van der Waals surface area contributed by atoms with E-state index in [-0.39, 0.29) is 12.1 Å². The smallest absolute Gasteiger partial charge is 0.410 e. The second-order valence-electron chi connectivity index (χ2n) is 8.22. The Kier molecular flexibility index (Phi) is 4.79. The molecule has 3 heterocycles. The van der Waals surface area contributed by atoms with E-state index in [1.54, 1.807) is 4.90 Å². The molecule has 0 spiro atoms. The van der Waals surface area contributed by atoms with Crippen molar-refractivity contribution in [2.75, 3.05) is 13.1 Å². The summed E-state index contributed by atoms with van der Waals surface area (Å²) in [5.74, 6) is 0.935. The van der Waals surface area contributed by atoms with Crippen LogP contribution in [0.25, 0.3) is 22.6 Å². The molecule has 6 nitrogen and oxygen atoms in total. The summed E-state index contributed by atoms with van der Waals surface area (Å²) in [5.41, 5.74) is 2.40. The van der Waals surface area contributed by atoms with Crippen molar-refractivity contribution in [1.82, 2.24) is 19.4 Å². The van der Waals surface area contributed by atoms with Gasteiger partial charge < -0.3 is 14.2 Å². The zero-order valence-corrected chi connectivity index (χ0v) is 16.6. The highest BCUT2D eigenvalue weighted by Crippen LogP contribution is 2.32. The highest BCUT2D eigenvalue weighted by molar-refractivity contribution is 5.77. The number of imidazole rings is 1. The van der Waals surface area contributed by atoms with Gasteiger partial charge in [-0.05, 0) is 45.7 Å². The molecule has 1 amide bonds. The van der Waals surface area contributed by atoms with Crippen LogP contribution in [-0.4, -0.2) is 44.2 Å². The lowest BCUT2D eigenvalue weighted by atomic mass is 10.0. The van der Waals surface area contributed by atoms with Crippen molar-refractivity contribution in [2.24, 2.45) is 0 Å². The normalized spacial score (nSPS) is 15.8. The molecule has 0 N–H and O–H groups in total. The molecular weight excluding hydrogens is 352 g/mol. The lowest BCUT2D eigenvalue weighted by molar-refractivity contribution is 0.0190. The number of amides is 1. The van der Waals surface area contributed by atoms with Gasteiger partial charge in [-0.25, -0.2) is 14.8 Å². The Bertz CT molecular complexity index is 967. The third-order valence-corrected chi connectivity index (χ3v) is 4.96. The first-order chi connectivity index (χ1) is 13.4. The van der Waals surface area contributed by atoms with Gasteiger partial charge in [0.25, 0.3) is 0 Å². The molecule has 4 rings (SSSR count). The van der Waals surface area contributed by atoms with Crippen LogP contribution >= 0.6 is 0 Å². The third kappa shape index (κ3) is 3.72. The third-order valence-electron chi connectivity index (χ3n) is 4.96. The summed E-state index contributed by atoms with van der Waals surface area (Å²) in [4.78, 5) is 23.6. The number of nitrogens with zero attached hydrogens (tertiary/aromatic N) is 4. The van der Waals surface area contributed by atoms with E-state index >= 15 is 0 Å². The summed E-state index contributed by atoms with van der Waals surface area (Å²) in [6.45, 7) is 7.02. The number of pyridine rings is 1. The number of aromatic nitrogens is 3. The average Bonchev–Trinajstić information content (AvgIpc) is 3.07. The molecule has 0 radical (unpaired) electrons. The van der Waals surface area contributed by atoms with Gasteiger partial charge in [0.05, 0.1) is 0 Å². The summed E-state index contributed by atoms with van der Waals surface area (Å²) >= 11 is 0. The maximum absolute atomic E-state index is 12.4. The van der Waals surface area contributed by atoms with Crippen molar-refractivity contribution in [3.63, 3.8) is 0 Å². The minimum atomic E-state index is -0.473. The van der Waals surface area contributed by atoms with Crippen molar-refractivity contribution in [3.05, 3.63) is 48.7 Å². The fourth-order valence-corrected chi connectivity index (χ4v) is 3.70. The molecule has 1 fully saturated rings. The van der Waals surface area contributed by atoms with E-state index in [2.05, 4.69) is 21.7 Å². The summed E-state index contributed by atoms with van der Waals surface area (Å²) in [7, 11) is 0. The zero-order chi connectivity index (χ0) is 19.7. The Labute approximate surface area is 165 Å². The van der Waals surface area contributed by atoms with E-state index in [9.17, 15) is 4.79 Å². The monoisotopic (exact) mass is 378 g/mol. The summed E-state index contributed by atoms with van der Waals surface area (Å²) in [6.07, 6.45) is 3.27. The number of rotatable bonds is 2. The first kappa shape index (κ1) is 18.5. The number of fused-ring (bicyclic) bond motifs is 1. The molecular formula is C22H26N4O2. The number of carbonyl (C=O) groups excluding carboxylic acids is 1. The lowest BCUT2D eigenvalue weighted by Crippen LogP contribution is -2.42. The Hall–Kier alpha value is -2.89. The lowest BCUT2D eigenvalue weighted by Gasteiger charge is -2.34. The number of hydrogen-bond acceptors (Lipinski definition) is 4. The van der Waals surface area contributed by atoms with Crippen LogP contribution in [0.5, 0.6) is 0 Å². The van der Waals surface area contributed by atoms with Crippen LogP contribution in [0.2, 0.25) is 0 Å². The minimum absolute atomic E-state index is 0.233. The van der Waals surface area contributed by atoms with E-state index in [1.807, 2.05) is 57.3 Å². The predicted octanol–water partition coefficient (Wildman–Crippen LogP) is 4.67. The summed E-state index contributed by atoms with van der Waals surface area (Å²) in [5, 5.41) is 0. The van der Waals surface area contributed by atoms with Crippen LogP contribution in [0.15, 0.2) is 48.7 Å². The van der Waals surface area contributed by atoms with E-state index in [4.69, 9.17) is 9.72 Å². The van der Waals surface area contributed by atoms with E-state index in [1.165, 1.54) is 0 Å². The van der Waals surface area contributed by atoms with Crippen molar-refractivity contribution < 1.29 is 9.53 Å². The molecule has 0 bridgehead atoms. The number of piperidine rings is 1. The second kappa shape index (κ2) is 7.26. The van der Waals surface area contributed by atoms with Crippen LogP contribution in [0.4, 0.5) is 4.79 Å². The molecule has 0 unspecified atom stereocenters. The Balaban J connectivity index is 1.61. The number of likely N-dealkylation sites (tertiary alicyclic amines) is 1. The van der Waals surface area contributed by atoms with Crippen LogP contribution in [0, 0.1) is 0 Å². The zero-order valence-electron chi connectivity index (χ0n) is 16.6. The van der Waals surface area contributed by atoms with Crippen molar-refractivity contribution in [2.45, 2.75) is 45.3 Å². The highest BCUT2D eigenvalue weighted by Gasteiger charge is 2.29. The van der Waals surface area contributed by atoms with E-state index in [0.717, 1.165) is 35.4 Å². The highest BCUT2D eigenvalue weighted by atomic mass is 16.6. The van der Waals surface area contributed by atoms with Gasteiger partial charge in [-0.15, -0.1) is 0 Å². The van der Waals surface area contributed by atoms with Crippen LogP contribution in [0.1, 0.15) is 39.7 Å². The average molecular weight is 378 g/mol. The van der Waals surface area contributed by atoms with Crippen LogP contribution in [-0.2, 0) is 4.74 Å². The van der Waals surface area contributed by atoms with Gasteiger partial charge in [-0.3, -0.25) is 0 Å². The largest absolute Gasteiger partial charge is 0.444 e. The van der Waals surface area contributed by atoms with Crippen molar-refractivity contribution in [1.29, 1.82) is 0 Å². The van der Waals surface area contributed by atoms with Crippen molar-refractivity contribution in [3.8, 4) is 11.4 Å². The van der Waals surface area contributed by atoms with Crippen LogP contribution in [0.3, 0.4) is 0 Å².